The zero-order valence-corrected chi connectivity index (χ0v) is 14.7. The van der Waals surface area contributed by atoms with Gasteiger partial charge in [0.15, 0.2) is 0 Å². The van der Waals surface area contributed by atoms with Crippen molar-refractivity contribution in [3.63, 3.8) is 0 Å². The highest BCUT2D eigenvalue weighted by Gasteiger charge is 2.37. The van der Waals surface area contributed by atoms with Gasteiger partial charge in [-0.3, -0.25) is 4.79 Å². The molecule has 0 aliphatic heterocycles. The molecule has 1 amide bonds. The molecule has 1 aliphatic rings. The van der Waals surface area contributed by atoms with E-state index in [-0.39, 0.29) is 11.8 Å². The second-order valence-corrected chi connectivity index (χ2v) is 7.18. The maximum Gasteiger partial charge on any atom is 0.229 e. The molecule has 3 rings (SSSR count). The van der Waals surface area contributed by atoms with Gasteiger partial charge in [-0.05, 0) is 57.9 Å². The van der Waals surface area contributed by atoms with Crippen LogP contribution in [-0.2, 0) is 4.79 Å². The zero-order valence-electron chi connectivity index (χ0n) is 14.7. The van der Waals surface area contributed by atoms with E-state index in [1.54, 1.807) is 0 Å². The SMILES string of the molecule is Cc1cc(C)n(-c2cccc(NC(=O)C3CCCCC3(C)N)c2)n1. The summed E-state index contributed by atoms with van der Waals surface area (Å²) in [5.41, 5.74) is 9.69. The molecule has 2 aromatic rings. The smallest absolute Gasteiger partial charge is 0.229 e. The van der Waals surface area contributed by atoms with E-state index in [4.69, 9.17) is 5.73 Å². The lowest BCUT2D eigenvalue weighted by molar-refractivity contribution is -0.122. The van der Waals surface area contributed by atoms with Gasteiger partial charge in [0.25, 0.3) is 0 Å². The summed E-state index contributed by atoms with van der Waals surface area (Å²) < 4.78 is 1.89. The number of rotatable bonds is 3. The quantitative estimate of drug-likeness (QED) is 0.908. The lowest BCUT2D eigenvalue weighted by Gasteiger charge is -2.37. The van der Waals surface area contributed by atoms with Gasteiger partial charge >= 0.3 is 0 Å². The van der Waals surface area contributed by atoms with Crippen molar-refractivity contribution >= 4 is 11.6 Å². The van der Waals surface area contributed by atoms with E-state index in [0.29, 0.717) is 0 Å². The molecule has 2 unspecified atom stereocenters. The average Bonchev–Trinajstić information content (AvgIpc) is 2.85. The summed E-state index contributed by atoms with van der Waals surface area (Å²) in [4.78, 5) is 12.7. The van der Waals surface area contributed by atoms with E-state index in [2.05, 4.69) is 10.4 Å². The molecule has 0 saturated heterocycles. The van der Waals surface area contributed by atoms with Crippen molar-refractivity contribution in [1.29, 1.82) is 0 Å². The van der Waals surface area contributed by atoms with E-state index < -0.39 is 5.54 Å². The molecule has 24 heavy (non-hydrogen) atoms. The first kappa shape index (κ1) is 16.7. The minimum atomic E-state index is -0.421. The Morgan fingerprint density at radius 3 is 2.79 bits per heavy atom. The van der Waals surface area contributed by atoms with Gasteiger partial charge in [-0.15, -0.1) is 0 Å². The number of benzene rings is 1. The fourth-order valence-electron chi connectivity index (χ4n) is 3.62. The Balaban J connectivity index is 1.80. The number of carbonyl (C=O) groups excluding carboxylic acids is 1. The summed E-state index contributed by atoms with van der Waals surface area (Å²) in [5, 5.41) is 7.54. The molecule has 2 atom stereocenters. The summed E-state index contributed by atoms with van der Waals surface area (Å²) >= 11 is 0. The second-order valence-electron chi connectivity index (χ2n) is 7.18. The van der Waals surface area contributed by atoms with Gasteiger partial charge in [0.05, 0.1) is 17.3 Å². The van der Waals surface area contributed by atoms with Crippen molar-refractivity contribution in [2.75, 3.05) is 5.32 Å². The molecule has 0 radical (unpaired) electrons. The molecule has 1 heterocycles. The zero-order chi connectivity index (χ0) is 17.3. The van der Waals surface area contributed by atoms with Gasteiger partial charge in [-0.2, -0.15) is 5.10 Å². The Morgan fingerprint density at radius 2 is 2.12 bits per heavy atom. The number of aromatic nitrogens is 2. The van der Waals surface area contributed by atoms with Crippen molar-refractivity contribution in [1.82, 2.24) is 9.78 Å². The molecule has 0 spiro atoms. The highest BCUT2D eigenvalue weighted by Crippen LogP contribution is 2.32. The third kappa shape index (κ3) is 3.36. The van der Waals surface area contributed by atoms with Crippen LogP contribution in [0, 0.1) is 19.8 Å². The van der Waals surface area contributed by atoms with Crippen molar-refractivity contribution < 1.29 is 4.79 Å². The Kier molecular flexibility index (Phi) is 4.45. The first-order valence-corrected chi connectivity index (χ1v) is 8.60. The molecular weight excluding hydrogens is 300 g/mol. The van der Waals surface area contributed by atoms with Crippen LogP contribution in [0.3, 0.4) is 0 Å². The van der Waals surface area contributed by atoms with Crippen LogP contribution in [0.2, 0.25) is 0 Å². The van der Waals surface area contributed by atoms with Gasteiger partial charge in [-0.1, -0.05) is 18.9 Å². The topological polar surface area (TPSA) is 72.9 Å². The fourth-order valence-corrected chi connectivity index (χ4v) is 3.62. The van der Waals surface area contributed by atoms with Crippen LogP contribution in [0.15, 0.2) is 30.3 Å². The molecule has 3 N–H and O–H groups in total. The molecule has 5 nitrogen and oxygen atoms in total. The normalized spacial score (nSPS) is 23.9. The van der Waals surface area contributed by atoms with Gasteiger partial charge < -0.3 is 11.1 Å². The summed E-state index contributed by atoms with van der Waals surface area (Å²) in [7, 11) is 0. The molecule has 1 aromatic heterocycles. The maximum absolute atomic E-state index is 12.7. The van der Waals surface area contributed by atoms with E-state index in [0.717, 1.165) is 48.4 Å². The Labute approximate surface area is 143 Å². The highest BCUT2D eigenvalue weighted by molar-refractivity contribution is 5.93. The molecule has 1 saturated carbocycles. The lowest BCUT2D eigenvalue weighted by Crippen LogP contribution is -2.51. The van der Waals surface area contributed by atoms with Crippen molar-refractivity contribution in [2.45, 2.75) is 52.0 Å². The van der Waals surface area contributed by atoms with Crippen molar-refractivity contribution in [3.05, 3.63) is 41.7 Å². The number of nitrogens with zero attached hydrogens (tertiary/aromatic N) is 2. The summed E-state index contributed by atoms with van der Waals surface area (Å²) in [5.74, 6) is -0.117. The Bertz CT molecular complexity index is 748. The number of aryl methyl sites for hydroxylation is 2. The predicted molar refractivity (Wildman–Crippen MR) is 96.2 cm³/mol. The second kappa shape index (κ2) is 6.40. The monoisotopic (exact) mass is 326 g/mol. The van der Waals surface area contributed by atoms with Crippen LogP contribution >= 0.6 is 0 Å². The summed E-state index contributed by atoms with van der Waals surface area (Å²) in [6.07, 6.45) is 3.92. The molecular formula is C19H26N4O. The minimum Gasteiger partial charge on any atom is -0.326 e. The van der Waals surface area contributed by atoms with Crippen LogP contribution in [0.25, 0.3) is 5.69 Å². The molecule has 1 aliphatic carbocycles. The van der Waals surface area contributed by atoms with E-state index in [9.17, 15) is 4.79 Å². The number of carbonyl (C=O) groups is 1. The van der Waals surface area contributed by atoms with Crippen molar-refractivity contribution in [2.24, 2.45) is 11.7 Å². The molecule has 0 bridgehead atoms. The van der Waals surface area contributed by atoms with Crippen LogP contribution in [-0.4, -0.2) is 21.2 Å². The average molecular weight is 326 g/mol. The number of nitrogens with two attached hydrogens (primary N) is 1. The molecule has 128 valence electrons. The van der Waals surface area contributed by atoms with Crippen LogP contribution in [0.5, 0.6) is 0 Å². The van der Waals surface area contributed by atoms with Crippen LogP contribution in [0.4, 0.5) is 5.69 Å². The van der Waals surface area contributed by atoms with E-state index in [1.807, 2.05) is 55.8 Å². The van der Waals surface area contributed by atoms with Gasteiger partial charge in [-0.25, -0.2) is 4.68 Å². The minimum absolute atomic E-state index is 0.0187. The Hall–Kier alpha value is -2.14. The predicted octanol–water partition coefficient (Wildman–Crippen LogP) is 3.34. The van der Waals surface area contributed by atoms with Gasteiger partial charge in [0.1, 0.15) is 0 Å². The van der Waals surface area contributed by atoms with Crippen LogP contribution in [0.1, 0.15) is 44.0 Å². The fraction of sp³-hybridized carbons (Fsp3) is 0.474. The van der Waals surface area contributed by atoms with Gasteiger partial charge in [0.2, 0.25) is 5.91 Å². The first-order valence-electron chi connectivity index (χ1n) is 8.60. The standard InChI is InChI=1S/C19H26N4O/c1-13-11-14(2)23(22-13)16-8-6-7-15(12-16)21-18(24)17-9-4-5-10-19(17,3)20/h6-8,11-12,17H,4-5,9-10,20H2,1-3H3,(H,21,24). The third-order valence-electron chi connectivity index (χ3n) is 4.94. The third-order valence-corrected chi connectivity index (χ3v) is 4.94. The Morgan fingerprint density at radius 1 is 1.33 bits per heavy atom. The number of hydrogen-bond acceptors (Lipinski definition) is 3. The summed E-state index contributed by atoms with van der Waals surface area (Å²) in [6.45, 7) is 5.98. The molecule has 1 aromatic carbocycles. The van der Waals surface area contributed by atoms with Crippen molar-refractivity contribution in [3.8, 4) is 5.69 Å². The number of hydrogen-bond donors (Lipinski definition) is 2. The first-order chi connectivity index (χ1) is 11.4. The van der Waals surface area contributed by atoms with Gasteiger partial charge in [0, 0.05) is 16.9 Å². The molecule has 1 fully saturated rings. The number of amides is 1. The van der Waals surface area contributed by atoms with Crippen LogP contribution < -0.4 is 11.1 Å². The lowest BCUT2D eigenvalue weighted by atomic mass is 9.74. The van der Waals surface area contributed by atoms with E-state index in [1.165, 1.54) is 0 Å². The van der Waals surface area contributed by atoms with E-state index >= 15 is 0 Å². The number of nitrogens with one attached hydrogen (secondary N) is 1. The molecule has 5 heteroatoms. The highest BCUT2D eigenvalue weighted by atomic mass is 16.1. The summed E-state index contributed by atoms with van der Waals surface area (Å²) in [6, 6.07) is 9.82. The number of anilines is 1. The largest absolute Gasteiger partial charge is 0.326 e. The maximum atomic E-state index is 12.7.